The fourth-order valence-corrected chi connectivity index (χ4v) is 6.70. The zero-order valence-corrected chi connectivity index (χ0v) is 16.6. The highest BCUT2D eigenvalue weighted by Gasteiger charge is 2.66. The molecule has 2 saturated carbocycles. The summed E-state index contributed by atoms with van der Waals surface area (Å²) in [6.45, 7) is 9.34. The van der Waals surface area contributed by atoms with E-state index in [1.165, 1.54) is 32.4 Å². The Labute approximate surface area is 156 Å². The summed E-state index contributed by atoms with van der Waals surface area (Å²) in [6, 6.07) is 0. The minimum absolute atomic E-state index is 0.0302. The number of carbonyl (C=O) groups excluding carboxylic acids is 2. The van der Waals surface area contributed by atoms with Crippen molar-refractivity contribution in [3.05, 3.63) is 23.2 Å². The van der Waals surface area contributed by atoms with E-state index in [1.54, 1.807) is 0 Å². The molecule has 0 radical (unpaired) electrons. The van der Waals surface area contributed by atoms with Gasteiger partial charge in [0.25, 0.3) is 0 Å². The van der Waals surface area contributed by atoms with Gasteiger partial charge in [-0.05, 0) is 42.9 Å². The highest BCUT2D eigenvalue weighted by Crippen LogP contribution is 2.67. The summed E-state index contributed by atoms with van der Waals surface area (Å²) < 4.78 is 11.7. The number of hydrogen-bond donors (Lipinski definition) is 0. The Hall–Kier alpha value is -1.58. The lowest BCUT2D eigenvalue weighted by Crippen LogP contribution is -2.62. The Morgan fingerprint density at radius 3 is 2.58 bits per heavy atom. The molecular formula is C22H30O4. The summed E-state index contributed by atoms with van der Waals surface area (Å²) in [7, 11) is 1.44. The van der Waals surface area contributed by atoms with Gasteiger partial charge in [0.2, 0.25) is 11.6 Å². The smallest absolute Gasteiger partial charge is 0.227 e. The number of rotatable bonds is 1. The third kappa shape index (κ3) is 2.07. The maximum atomic E-state index is 12.8. The normalized spacial score (nSPS) is 41.5. The van der Waals surface area contributed by atoms with Crippen LogP contribution in [0.3, 0.4) is 0 Å². The summed E-state index contributed by atoms with van der Waals surface area (Å²) in [5.74, 6) is 0.890. The van der Waals surface area contributed by atoms with Gasteiger partial charge in [-0.15, -0.1) is 0 Å². The van der Waals surface area contributed by atoms with Crippen LogP contribution < -0.4 is 0 Å². The van der Waals surface area contributed by atoms with Crippen molar-refractivity contribution in [2.24, 2.45) is 22.7 Å². The largest absolute Gasteiger partial charge is 0.493 e. The molecular weight excluding hydrogens is 328 g/mol. The molecule has 26 heavy (non-hydrogen) atoms. The molecule has 1 heterocycles. The third-order valence-corrected chi connectivity index (χ3v) is 8.08. The highest BCUT2D eigenvalue weighted by atomic mass is 16.5. The molecule has 0 saturated heterocycles. The van der Waals surface area contributed by atoms with Crippen LogP contribution in [0.15, 0.2) is 23.2 Å². The first kappa shape index (κ1) is 17.8. The van der Waals surface area contributed by atoms with Crippen molar-refractivity contribution in [1.29, 1.82) is 0 Å². The lowest BCUT2D eigenvalue weighted by molar-refractivity contribution is -0.207. The number of allylic oxidation sites excluding steroid dienone is 2. The standard InChI is InChI=1S/C22H30O4/c1-13-7-8-17-20(2,3)9-6-10-21(17,4)22(13)12-14-18(24)16(25-5)11-15(23)19(14)26-22/h11,13,17H,6-10,12H2,1-5H3/t13-,17-,21-,22-/m0/s1. The average molecular weight is 358 g/mol. The molecule has 0 unspecified atom stereocenters. The SMILES string of the molecule is COC1=CC(=O)C2=C(C[C@]3(O2)[C@@H](C)CC[C@H]2C(C)(C)CCC[C@@]23C)C1=O. The minimum Gasteiger partial charge on any atom is -0.493 e. The van der Waals surface area contributed by atoms with Crippen molar-refractivity contribution in [1.82, 2.24) is 0 Å². The first-order valence-electron chi connectivity index (χ1n) is 9.93. The van der Waals surface area contributed by atoms with Crippen LogP contribution in [0.2, 0.25) is 0 Å². The number of methoxy groups -OCH3 is 1. The molecule has 142 valence electrons. The van der Waals surface area contributed by atoms with E-state index in [-0.39, 0.29) is 33.9 Å². The van der Waals surface area contributed by atoms with Crippen molar-refractivity contribution in [2.45, 2.75) is 71.8 Å². The molecule has 4 atom stereocenters. The fourth-order valence-electron chi connectivity index (χ4n) is 6.70. The molecule has 1 aliphatic heterocycles. The molecule has 0 bridgehead atoms. The maximum Gasteiger partial charge on any atom is 0.227 e. The van der Waals surface area contributed by atoms with E-state index in [2.05, 4.69) is 27.7 Å². The predicted molar refractivity (Wildman–Crippen MR) is 98.2 cm³/mol. The molecule has 0 aromatic carbocycles. The van der Waals surface area contributed by atoms with Crippen LogP contribution in [0.1, 0.15) is 66.2 Å². The van der Waals surface area contributed by atoms with Gasteiger partial charge >= 0.3 is 0 Å². The van der Waals surface area contributed by atoms with Crippen molar-refractivity contribution < 1.29 is 19.1 Å². The Bertz CT molecular complexity index is 743. The highest BCUT2D eigenvalue weighted by molar-refractivity contribution is 6.21. The molecule has 0 aromatic heterocycles. The van der Waals surface area contributed by atoms with Gasteiger partial charge in [-0.3, -0.25) is 9.59 Å². The Morgan fingerprint density at radius 1 is 1.15 bits per heavy atom. The Kier molecular flexibility index (Phi) is 3.74. The van der Waals surface area contributed by atoms with Crippen LogP contribution in [0.5, 0.6) is 0 Å². The quantitative estimate of drug-likeness (QED) is 0.654. The van der Waals surface area contributed by atoms with Crippen LogP contribution >= 0.6 is 0 Å². The van der Waals surface area contributed by atoms with Gasteiger partial charge in [0.15, 0.2) is 11.5 Å². The summed E-state index contributed by atoms with van der Waals surface area (Å²) >= 11 is 0. The molecule has 4 nitrogen and oxygen atoms in total. The number of fused-ring (bicyclic) bond motifs is 2. The zero-order valence-electron chi connectivity index (χ0n) is 16.6. The summed E-state index contributed by atoms with van der Waals surface area (Å²) in [5.41, 5.74) is 0.306. The van der Waals surface area contributed by atoms with Gasteiger partial charge in [-0.25, -0.2) is 0 Å². The molecule has 1 spiro atoms. The van der Waals surface area contributed by atoms with E-state index in [0.29, 0.717) is 23.8 Å². The van der Waals surface area contributed by atoms with E-state index in [4.69, 9.17) is 9.47 Å². The molecule has 3 aliphatic carbocycles. The van der Waals surface area contributed by atoms with Gasteiger partial charge in [-0.2, -0.15) is 0 Å². The topological polar surface area (TPSA) is 52.6 Å². The van der Waals surface area contributed by atoms with Crippen molar-refractivity contribution in [3.63, 3.8) is 0 Å². The number of ketones is 2. The van der Waals surface area contributed by atoms with Crippen LogP contribution in [0.4, 0.5) is 0 Å². The number of Topliss-reactive ketones (excluding diaryl/α,β-unsaturated/α-hetero) is 1. The van der Waals surface area contributed by atoms with Crippen LogP contribution in [0, 0.1) is 22.7 Å². The van der Waals surface area contributed by atoms with Gasteiger partial charge in [0.05, 0.1) is 12.7 Å². The van der Waals surface area contributed by atoms with E-state index in [9.17, 15) is 9.59 Å². The number of ether oxygens (including phenoxy) is 2. The minimum atomic E-state index is -0.458. The van der Waals surface area contributed by atoms with Gasteiger partial charge in [0.1, 0.15) is 5.60 Å². The Morgan fingerprint density at radius 2 is 1.88 bits per heavy atom. The molecule has 0 N–H and O–H groups in total. The predicted octanol–water partition coefficient (Wildman–Crippen LogP) is 4.34. The Balaban J connectivity index is 1.77. The van der Waals surface area contributed by atoms with Gasteiger partial charge in [0, 0.05) is 17.9 Å². The second-order valence-corrected chi connectivity index (χ2v) is 9.67. The second kappa shape index (κ2) is 5.46. The second-order valence-electron chi connectivity index (χ2n) is 9.67. The summed E-state index contributed by atoms with van der Waals surface area (Å²) in [4.78, 5) is 25.4. The molecule has 4 rings (SSSR count). The first-order chi connectivity index (χ1) is 12.2. The lowest BCUT2D eigenvalue weighted by Gasteiger charge is -2.63. The molecule has 2 fully saturated rings. The van der Waals surface area contributed by atoms with E-state index >= 15 is 0 Å². The summed E-state index contributed by atoms with van der Waals surface area (Å²) in [6.07, 6.45) is 7.61. The van der Waals surface area contributed by atoms with Crippen molar-refractivity contribution in [3.8, 4) is 0 Å². The van der Waals surface area contributed by atoms with Crippen LogP contribution in [-0.2, 0) is 19.1 Å². The molecule has 0 amide bonds. The van der Waals surface area contributed by atoms with E-state index in [1.807, 2.05) is 0 Å². The van der Waals surface area contributed by atoms with Gasteiger partial charge in [-0.1, -0.05) is 34.1 Å². The van der Waals surface area contributed by atoms with Crippen LogP contribution in [-0.4, -0.2) is 24.3 Å². The van der Waals surface area contributed by atoms with Crippen molar-refractivity contribution >= 4 is 11.6 Å². The average Bonchev–Trinajstić information content (AvgIpc) is 2.99. The number of carbonyl (C=O) groups is 2. The number of hydrogen-bond acceptors (Lipinski definition) is 4. The van der Waals surface area contributed by atoms with Crippen LogP contribution in [0.25, 0.3) is 0 Å². The maximum absolute atomic E-state index is 12.8. The molecule has 4 heteroatoms. The monoisotopic (exact) mass is 358 g/mol. The fraction of sp³-hybridized carbons (Fsp3) is 0.727. The van der Waals surface area contributed by atoms with E-state index in [0.717, 1.165) is 12.8 Å². The zero-order chi connectivity index (χ0) is 18.9. The van der Waals surface area contributed by atoms with Crippen molar-refractivity contribution in [2.75, 3.05) is 7.11 Å². The van der Waals surface area contributed by atoms with Gasteiger partial charge < -0.3 is 9.47 Å². The lowest BCUT2D eigenvalue weighted by atomic mass is 9.44. The third-order valence-electron chi connectivity index (χ3n) is 8.08. The first-order valence-corrected chi connectivity index (χ1v) is 9.93. The molecule has 4 aliphatic rings. The van der Waals surface area contributed by atoms with E-state index < -0.39 is 5.60 Å². The summed E-state index contributed by atoms with van der Waals surface area (Å²) in [5, 5.41) is 0. The molecule has 0 aromatic rings.